The molecule has 0 bridgehead atoms. The van der Waals surface area contributed by atoms with E-state index in [2.05, 4.69) is 35.4 Å². The van der Waals surface area contributed by atoms with Crippen LogP contribution >= 0.6 is 24.2 Å². The molecule has 0 aromatic heterocycles. The number of aromatic hydroxyl groups is 2. The Kier molecular flexibility index (Phi) is 7.02. The van der Waals surface area contributed by atoms with Crippen molar-refractivity contribution >= 4 is 24.2 Å². The predicted octanol–water partition coefficient (Wildman–Crippen LogP) is 3.22. The average molecular weight is 382 g/mol. The first-order valence-corrected chi connectivity index (χ1v) is 9.36. The first-order valence-electron chi connectivity index (χ1n) is 8.14. The van der Waals surface area contributed by atoms with Crippen molar-refractivity contribution in [3.8, 4) is 11.5 Å². The summed E-state index contributed by atoms with van der Waals surface area (Å²) in [5.74, 6) is -0.0348. The summed E-state index contributed by atoms with van der Waals surface area (Å²) in [5, 5.41) is 29.1. The van der Waals surface area contributed by atoms with Gasteiger partial charge in [0.2, 0.25) is 0 Å². The summed E-state index contributed by atoms with van der Waals surface area (Å²) in [6, 6.07) is 11.9. The molecule has 1 heterocycles. The van der Waals surface area contributed by atoms with Crippen molar-refractivity contribution in [1.29, 1.82) is 0 Å². The molecule has 1 aliphatic rings. The number of thioether (sulfide) groups is 1. The number of phenolic OH excluding ortho intramolecular Hbond substituents is 2. The standard InChI is InChI=1S/C19H23NO3S.ClH/c1-24-15-4-2-13(3-5-15)17-12-20(8-9-21)7-6-14-10-18(22)19(23)11-16(14)17;/h2-5,10-11,17,21-23H,6-9,12H2,1H3;1H. The number of hydrogen-bond acceptors (Lipinski definition) is 5. The summed E-state index contributed by atoms with van der Waals surface area (Å²) in [6.07, 6.45) is 2.85. The van der Waals surface area contributed by atoms with Gasteiger partial charge < -0.3 is 15.3 Å². The number of halogens is 1. The van der Waals surface area contributed by atoms with Gasteiger partial charge in [-0.25, -0.2) is 0 Å². The third-order valence-electron chi connectivity index (χ3n) is 4.68. The SMILES string of the molecule is CSc1ccc(C2CN(CCO)CCc3cc(O)c(O)cc32)cc1.Cl. The van der Waals surface area contributed by atoms with E-state index in [1.54, 1.807) is 23.9 Å². The largest absolute Gasteiger partial charge is 0.504 e. The molecule has 1 atom stereocenters. The zero-order valence-electron chi connectivity index (χ0n) is 14.2. The molecule has 3 rings (SSSR count). The van der Waals surface area contributed by atoms with Gasteiger partial charge in [-0.15, -0.1) is 24.2 Å². The molecule has 25 heavy (non-hydrogen) atoms. The summed E-state index contributed by atoms with van der Waals surface area (Å²) < 4.78 is 0. The van der Waals surface area contributed by atoms with Crippen LogP contribution in [0.15, 0.2) is 41.3 Å². The van der Waals surface area contributed by atoms with Crippen LogP contribution in [0.2, 0.25) is 0 Å². The molecule has 3 N–H and O–H groups in total. The van der Waals surface area contributed by atoms with Gasteiger partial charge in [0.25, 0.3) is 0 Å². The summed E-state index contributed by atoms with van der Waals surface area (Å²) in [6.45, 7) is 2.38. The zero-order valence-corrected chi connectivity index (χ0v) is 15.8. The molecule has 0 aliphatic carbocycles. The van der Waals surface area contributed by atoms with Crippen LogP contribution in [0.25, 0.3) is 0 Å². The highest BCUT2D eigenvalue weighted by Crippen LogP contribution is 2.38. The molecule has 2 aromatic rings. The van der Waals surface area contributed by atoms with Gasteiger partial charge in [0.05, 0.1) is 6.61 Å². The van der Waals surface area contributed by atoms with Crippen LogP contribution in [0, 0.1) is 0 Å². The van der Waals surface area contributed by atoms with Crippen LogP contribution in [0.5, 0.6) is 11.5 Å². The van der Waals surface area contributed by atoms with E-state index >= 15 is 0 Å². The molecule has 0 saturated heterocycles. The Morgan fingerprint density at radius 3 is 2.44 bits per heavy atom. The second-order valence-corrected chi connectivity index (χ2v) is 7.02. The number of aliphatic hydroxyl groups excluding tert-OH is 1. The predicted molar refractivity (Wildman–Crippen MR) is 104 cm³/mol. The highest BCUT2D eigenvalue weighted by Gasteiger charge is 2.25. The minimum atomic E-state index is -0.0740. The smallest absolute Gasteiger partial charge is 0.157 e. The average Bonchev–Trinajstić information content (AvgIpc) is 2.76. The van der Waals surface area contributed by atoms with E-state index in [0.717, 1.165) is 30.6 Å². The fourth-order valence-electron chi connectivity index (χ4n) is 3.37. The van der Waals surface area contributed by atoms with Crippen molar-refractivity contribution in [2.75, 3.05) is 32.5 Å². The summed E-state index contributed by atoms with van der Waals surface area (Å²) in [4.78, 5) is 3.45. The van der Waals surface area contributed by atoms with Crippen molar-refractivity contribution < 1.29 is 15.3 Å². The summed E-state index contributed by atoms with van der Waals surface area (Å²) in [5.41, 5.74) is 3.30. The fraction of sp³-hybridized carbons (Fsp3) is 0.368. The van der Waals surface area contributed by atoms with Crippen LogP contribution in [0.4, 0.5) is 0 Å². The van der Waals surface area contributed by atoms with Gasteiger partial charge in [-0.1, -0.05) is 12.1 Å². The van der Waals surface area contributed by atoms with E-state index in [1.165, 1.54) is 10.5 Å². The molecule has 4 nitrogen and oxygen atoms in total. The second kappa shape index (κ2) is 8.81. The van der Waals surface area contributed by atoms with Crippen LogP contribution in [0.1, 0.15) is 22.6 Å². The van der Waals surface area contributed by atoms with Gasteiger partial charge in [-0.2, -0.15) is 0 Å². The van der Waals surface area contributed by atoms with Gasteiger partial charge in [-0.05, 0) is 53.6 Å². The number of aliphatic hydroxyl groups is 1. The fourth-order valence-corrected chi connectivity index (χ4v) is 3.78. The zero-order chi connectivity index (χ0) is 17.1. The molecule has 136 valence electrons. The van der Waals surface area contributed by atoms with Crippen molar-refractivity contribution in [3.63, 3.8) is 0 Å². The molecular weight excluding hydrogens is 358 g/mol. The number of nitrogens with zero attached hydrogens (tertiary/aromatic N) is 1. The maximum atomic E-state index is 9.98. The van der Waals surface area contributed by atoms with Crippen LogP contribution in [-0.2, 0) is 6.42 Å². The topological polar surface area (TPSA) is 63.9 Å². The van der Waals surface area contributed by atoms with Gasteiger partial charge in [-0.3, -0.25) is 4.90 Å². The number of phenols is 2. The van der Waals surface area contributed by atoms with Crippen LogP contribution in [-0.4, -0.2) is 52.7 Å². The molecule has 2 aromatic carbocycles. The molecule has 0 fully saturated rings. The molecule has 1 aliphatic heterocycles. The molecule has 6 heteroatoms. The van der Waals surface area contributed by atoms with Crippen molar-refractivity contribution in [2.45, 2.75) is 17.2 Å². The molecule has 0 spiro atoms. The number of hydrogen-bond donors (Lipinski definition) is 3. The number of benzene rings is 2. The van der Waals surface area contributed by atoms with Gasteiger partial charge >= 0.3 is 0 Å². The molecule has 1 unspecified atom stereocenters. The molecular formula is C19H24ClNO3S. The lowest BCUT2D eigenvalue weighted by Gasteiger charge is -2.25. The Balaban J connectivity index is 0.00000225. The van der Waals surface area contributed by atoms with E-state index < -0.39 is 0 Å². The van der Waals surface area contributed by atoms with E-state index in [-0.39, 0.29) is 36.4 Å². The lowest BCUT2D eigenvalue weighted by Crippen LogP contribution is -2.31. The van der Waals surface area contributed by atoms with Crippen molar-refractivity contribution in [3.05, 3.63) is 53.1 Å². The number of rotatable bonds is 4. The van der Waals surface area contributed by atoms with Crippen molar-refractivity contribution in [1.82, 2.24) is 4.90 Å². The monoisotopic (exact) mass is 381 g/mol. The highest BCUT2D eigenvalue weighted by molar-refractivity contribution is 7.98. The molecule has 0 saturated carbocycles. The Labute approximate surface area is 158 Å². The normalized spacial score (nSPS) is 17.4. The van der Waals surface area contributed by atoms with E-state index in [9.17, 15) is 15.3 Å². The maximum Gasteiger partial charge on any atom is 0.157 e. The Morgan fingerprint density at radius 2 is 1.80 bits per heavy atom. The minimum absolute atomic E-state index is 0. The second-order valence-electron chi connectivity index (χ2n) is 6.14. The lowest BCUT2D eigenvalue weighted by atomic mass is 9.87. The third-order valence-corrected chi connectivity index (χ3v) is 5.43. The minimum Gasteiger partial charge on any atom is -0.504 e. The van der Waals surface area contributed by atoms with Crippen molar-refractivity contribution in [2.24, 2.45) is 0 Å². The van der Waals surface area contributed by atoms with E-state index in [0.29, 0.717) is 6.54 Å². The number of fused-ring (bicyclic) bond motifs is 1. The highest BCUT2D eigenvalue weighted by atomic mass is 35.5. The van der Waals surface area contributed by atoms with Gasteiger partial charge in [0.1, 0.15) is 0 Å². The maximum absolute atomic E-state index is 9.98. The Bertz CT molecular complexity index is 709. The van der Waals surface area contributed by atoms with E-state index in [4.69, 9.17) is 0 Å². The number of β-amino-alcohol motifs (C(OH)–C–C–N with tert-alkyl or cyclic N) is 1. The summed E-state index contributed by atoms with van der Waals surface area (Å²) in [7, 11) is 0. The lowest BCUT2D eigenvalue weighted by molar-refractivity contribution is 0.197. The quantitative estimate of drug-likeness (QED) is 0.560. The van der Waals surface area contributed by atoms with Crippen LogP contribution in [0.3, 0.4) is 0 Å². The van der Waals surface area contributed by atoms with E-state index in [1.807, 2.05) is 0 Å². The molecule has 0 amide bonds. The first-order chi connectivity index (χ1) is 11.6. The van der Waals surface area contributed by atoms with Gasteiger partial charge in [0.15, 0.2) is 11.5 Å². The van der Waals surface area contributed by atoms with Gasteiger partial charge in [0, 0.05) is 30.4 Å². The van der Waals surface area contributed by atoms with Crippen LogP contribution < -0.4 is 0 Å². The first kappa shape index (κ1) is 19.9. The third kappa shape index (κ3) is 4.42. The molecule has 0 radical (unpaired) electrons. The summed E-state index contributed by atoms with van der Waals surface area (Å²) >= 11 is 1.71. The Hall–Kier alpha value is -1.40. The Morgan fingerprint density at radius 1 is 1.12 bits per heavy atom.